The number of aromatic nitrogens is 1. The van der Waals surface area contributed by atoms with E-state index in [9.17, 15) is 9.59 Å². The lowest BCUT2D eigenvalue weighted by molar-refractivity contribution is 0.0946. The summed E-state index contributed by atoms with van der Waals surface area (Å²) in [5, 5.41) is 5.57. The van der Waals surface area contributed by atoms with Gasteiger partial charge in [0, 0.05) is 30.1 Å². The largest absolute Gasteiger partial charge is 0.497 e. The van der Waals surface area contributed by atoms with Crippen molar-refractivity contribution in [2.24, 2.45) is 0 Å². The number of ether oxygens (including phenoxy) is 2. The SMILES string of the molecule is COc1ccc(CNC(=O)c2cc(C(=O)Nc3cccc(OC)c3)ccn2)cc1. The Bertz CT molecular complexity index is 1000. The van der Waals surface area contributed by atoms with E-state index in [-0.39, 0.29) is 17.5 Å². The maximum absolute atomic E-state index is 12.5. The molecule has 0 aliphatic rings. The molecular weight excluding hydrogens is 370 g/mol. The number of pyridine rings is 1. The van der Waals surface area contributed by atoms with Gasteiger partial charge in [-0.05, 0) is 42.0 Å². The summed E-state index contributed by atoms with van der Waals surface area (Å²) in [5.41, 5.74) is 2.01. The van der Waals surface area contributed by atoms with Gasteiger partial charge >= 0.3 is 0 Å². The molecular formula is C22H21N3O4. The van der Waals surface area contributed by atoms with E-state index in [1.807, 2.05) is 24.3 Å². The van der Waals surface area contributed by atoms with Crippen molar-refractivity contribution in [3.63, 3.8) is 0 Å². The Morgan fingerprint density at radius 2 is 1.66 bits per heavy atom. The molecule has 2 amide bonds. The molecule has 0 radical (unpaired) electrons. The van der Waals surface area contributed by atoms with E-state index >= 15 is 0 Å². The smallest absolute Gasteiger partial charge is 0.270 e. The van der Waals surface area contributed by atoms with Gasteiger partial charge in [-0.25, -0.2) is 0 Å². The number of hydrogen-bond acceptors (Lipinski definition) is 5. The fraction of sp³-hybridized carbons (Fsp3) is 0.136. The van der Waals surface area contributed by atoms with Crippen LogP contribution in [0.3, 0.4) is 0 Å². The van der Waals surface area contributed by atoms with Crippen molar-refractivity contribution in [2.45, 2.75) is 6.54 Å². The van der Waals surface area contributed by atoms with Crippen LogP contribution in [0.25, 0.3) is 0 Å². The fourth-order valence-electron chi connectivity index (χ4n) is 2.62. The van der Waals surface area contributed by atoms with Crippen molar-refractivity contribution < 1.29 is 19.1 Å². The van der Waals surface area contributed by atoms with Crippen LogP contribution in [0.15, 0.2) is 66.9 Å². The molecule has 0 aliphatic carbocycles. The number of carbonyl (C=O) groups excluding carboxylic acids is 2. The predicted octanol–water partition coefficient (Wildman–Crippen LogP) is 3.28. The van der Waals surface area contributed by atoms with Gasteiger partial charge in [-0.3, -0.25) is 14.6 Å². The highest BCUT2D eigenvalue weighted by atomic mass is 16.5. The first-order chi connectivity index (χ1) is 14.1. The molecule has 2 N–H and O–H groups in total. The van der Waals surface area contributed by atoms with Crippen LogP contribution in [0.4, 0.5) is 5.69 Å². The quantitative estimate of drug-likeness (QED) is 0.645. The molecule has 0 saturated heterocycles. The lowest BCUT2D eigenvalue weighted by Gasteiger charge is -2.09. The number of amides is 2. The summed E-state index contributed by atoms with van der Waals surface area (Å²) in [6, 6.07) is 17.4. The number of nitrogens with zero attached hydrogens (tertiary/aromatic N) is 1. The average molecular weight is 391 g/mol. The first-order valence-electron chi connectivity index (χ1n) is 8.91. The van der Waals surface area contributed by atoms with Gasteiger partial charge in [-0.1, -0.05) is 18.2 Å². The molecule has 0 fully saturated rings. The minimum Gasteiger partial charge on any atom is -0.497 e. The number of rotatable bonds is 7. The zero-order chi connectivity index (χ0) is 20.6. The molecule has 0 atom stereocenters. The Morgan fingerprint density at radius 3 is 2.38 bits per heavy atom. The summed E-state index contributed by atoms with van der Waals surface area (Å²) < 4.78 is 10.3. The fourth-order valence-corrected chi connectivity index (χ4v) is 2.62. The Balaban J connectivity index is 1.64. The summed E-state index contributed by atoms with van der Waals surface area (Å²) in [5.74, 6) is 0.675. The minimum absolute atomic E-state index is 0.164. The summed E-state index contributed by atoms with van der Waals surface area (Å²) >= 11 is 0. The van der Waals surface area contributed by atoms with E-state index < -0.39 is 0 Å². The zero-order valence-corrected chi connectivity index (χ0v) is 16.1. The van der Waals surface area contributed by atoms with E-state index in [2.05, 4.69) is 15.6 Å². The van der Waals surface area contributed by atoms with Gasteiger partial charge in [0.1, 0.15) is 17.2 Å². The van der Waals surface area contributed by atoms with Crippen LogP contribution in [-0.4, -0.2) is 31.0 Å². The van der Waals surface area contributed by atoms with Crippen molar-refractivity contribution in [3.05, 3.63) is 83.7 Å². The van der Waals surface area contributed by atoms with Crippen molar-refractivity contribution in [1.29, 1.82) is 0 Å². The zero-order valence-electron chi connectivity index (χ0n) is 16.1. The molecule has 3 aromatic rings. The van der Waals surface area contributed by atoms with Crippen molar-refractivity contribution in [1.82, 2.24) is 10.3 Å². The number of methoxy groups -OCH3 is 2. The van der Waals surface area contributed by atoms with Gasteiger partial charge in [0.25, 0.3) is 11.8 Å². The Morgan fingerprint density at radius 1 is 0.897 bits per heavy atom. The highest BCUT2D eigenvalue weighted by Gasteiger charge is 2.12. The topological polar surface area (TPSA) is 89.5 Å². The molecule has 1 aromatic heterocycles. The molecule has 0 spiro atoms. The number of hydrogen-bond donors (Lipinski definition) is 2. The third-order valence-corrected chi connectivity index (χ3v) is 4.19. The van der Waals surface area contributed by atoms with E-state index in [4.69, 9.17) is 9.47 Å². The van der Waals surface area contributed by atoms with Gasteiger partial charge < -0.3 is 20.1 Å². The number of carbonyl (C=O) groups is 2. The highest BCUT2D eigenvalue weighted by Crippen LogP contribution is 2.17. The van der Waals surface area contributed by atoms with Crippen molar-refractivity contribution in [2.75, 3.05) is 19.5 Å². The Hall–Kier alpha value is -3.87. The molecule has 0 aliphatic heterocycles. The van der Waals surface area contributed by atoms with Crippen LogP contribution in [0.5, 0.6) is 11.5 Å². The maximum Gasteiger partial charge on any atom is 0.270 e. The van der Waals surface area contributed by atoms with Crippen LogP contribution in [-0.2, 0) is 6.54 Å². The average Bonchev–Trinajstić information content (AvgIpc) is 2.78. The molecule has 29 heavy (non-hydrogen) atoms. The molecule has 3 rings (SSSR count). The minimum atomic E-state index is -0.364. The third-order valence-electron chi connectivity index (χ3n) is 4.19. The molecule has 2 aromatic carbocycles. The summed E-state index contributed by atoms with van der Waals surface area (Å²) in [6.45, 7) is 0.338. The second-order valence-corrected chi connectivity index (χ2v) is 6.15. The normalized spacial score (nSPS) is 10.1. The van der Waals surface area contributed by atoms with E-state index in [1.54, 1.807) is 44.6 Å². The first-order valence-corrected chi connectivity index (χ1v) is 8.91. The van der Waals surface area contributed by atoms with Crippen LogP contribution in [0, 0.1) is 0 Å². The van der Waals surface area contributed by atoms with Crippen LogP contribution >= 0.6 is 0 Å². The monoisotopic (exact) mass is 391 g/mol. The Labute approximate surface area is 168 Å². The standard InChI is InChI=1S/C22H21N3O4/c1-28-18-8-6-15(7-9-18)14-24-22(27)20-12-16(10-11-23-20)21(26)25-17-4-3-5-19(13-17)29-2/h3-13H,14H2,1-2H3,(H,24,27)(H,25,26). The van der Waals surface area contributed by atoms with Gasteiger partial charge in [0.15, 0.2) is 0 Å². The molecule has 0 bridgehead atoms. The molecule has 148 valence electrons. The maximum atomic E-state index is 12.5. The Kier molecular flexibility index (Phi) is 6.42. The second kappa shape index (κ2) is 9.36. The number of nitrogens with one attached hydrogen (secondary N) is 2. The van der Waals surface area contributed by atoms with Gasteiger partial charge in [-0.2, -0.15) is 0 Å². The van der Waals surface area contributed by atoms with Crippen molar-refractivity contribution >= 4 is 17.5 Å². The van der Waals surface area contributed by atoms with Gasteiger partial charge in [-0.15, -0.1) is 0 Å². The lowest BCUT2D eigenvalue weighted by Crippen LogP contribution is -2.24. The van der Waals surface area contributed by atoms with Gasteiger partial charge in [0.05, 0.1) is 14.2 Å². The van der Waals surface area contributed by atoms with E-state index in [0.29, 0.717) is 23.5 Å². The number of anilines is 1. The van der Waals surface area contributed by atoms with Crippen LogP contribution in [0.2, 0.25) is 0 Å². The molecule has 7 nitrogen and oxygen atoms in total. The highest BCUT2D eigenvalue weighted by molar-refractivity contribution is 6.05. The summed E-state index contributed by atoms with van der Waals surface area (Å²) in [4.78, 5) is 29.0. The van der Waals surface area contributed by atoms with Crippen LogP contribution in [0.1, 0.15) is 26.4 Å². The van der Waals surface area contributed by atoms with E-state index in [1.165, 1.54) is 12.3 Å². The van der Waals surface area contributed by atoms with Crippen molar-refractivity contribution in [3.8, 4) is 11.5 Å². The second-order valence-electron chi connectivity index (χ2n) is 6.15. The molecule has 0 saturated carbocycles. The number of benzene rings is 2. The molecule has 1 heterocycles. The first kappa shape index (κ1) is 19.9. The van der Waals surface area contributed by atoms with Gasteiger partial charge in [0.2, 0.25) is 0 Å². The molecule has 0 unspecified atom stereocenters. The third kappa shape index (κ3) is 5.32. The predicted molar refractivity (Wildman–Crippen MR) is 109 cm³/mol. The van der Waals surface area contributed by atoms with Crippen LogP contribution < -0.4 is 20.1 Å². The summed E-state index contributed by atoms with van der Waals surface area (Å²) in [6.07, 6.45) is 1.43. The summed E-state index contributed by atoms with van der Waals surface area (Å²) in [7, 11) is 3.15. The lowest BCUT2D eigenvalue weighted by atomic mass is 10.2. The molecule has 7 heteroatoms. The van der Waals surface area contributed by atoms with E-state index in [0.717, 1.165) is 11.3 Å².